The lowest BCUT2D eigenvalue weighted by molar-refractivity contribution is 0.0158. The lowest BCUT2D eigenvalue weighted by Gasteiger charge is -2.32. The second-order valence-corrected chi connectivity index (χ2v) is 11.6. The van der Waals surface area contributed by atoms with Crippen molar-refractivity contribution in [3.05, 3.63) is 41.9 Å². The first-order chi connectivity index (χ1) is 18.6. The summed E-state index contributed by atoms with van der Waals surface area (Å²) >= 11 is 0. The quantitative estimate of drug-likeness (QED) is 0.309. The van der Waals surface area contributed by atoms with E-state index in [1.165, 1.54) is 0 Å². The summed E-state index contributed by atoms with van der Waals surface area (Å²) in [5, 5.41) is 0. The van der Waals surface area contributed by atoms with E-state index in [-0.39, 0.29) is 12.1 Å². The van der Waals surface area contributed by atoms with Gasteiger partial charge in [0.1, 0.15) is 16.9 Å². The number of rotatable bonds is 5. The predicted molar refractivity (Wildman–Crippen MR) is 150 cm³/mol. The van der Waals surface area contributed by atoms with Gasteiger partial charge in [-0.2, -0.15) is 0 Å². The third-order valence-corrected chi connectivity index (χ3v) is 7.45. The molecule has 0 radical (unpaired) electrons. The van der Waals surface area contributed by atoms with E-state index in [0.717, 1.165) is 71.5 Å². The predicted octanol–water partition coefficient (Wildman–Crippen LogP) is 6.04. The molecule has 0 spiro atoms. The highest BCUT2D eigenvalue weighted by Crippen LogP contribution is 2.38. The molecule has 2 aromatic heterocycles. The minimum absolute atomic E-state index is 0.141. The second-order valence-electron chi connectivity index (χ2n) is 11.6. The number of methoxy groups -OCH3 is 1. The van der Waals surface area contributed by atoms with Crippen molar-refractivity contribution in [2.45, 2.75) is 71.6 Å². The molecule has 204 valence electrons. The largest absolute Gasteiger partial charge is 0.496 e. The molecule has 1 saturated carbocycles. The molecule has 9 nitrogen and oxygen atoms in total. The van der Waals surface area contributed by atoms with Crippen molar-refractivity contribution in [3.63, 3.8) is 0 Å². The molecular formula is C30H35N5O4. The van der Waals surface area contributed by atoms with Crippen LogP contribution in [0.1, 0.15) is 51.5 Å². The molecule has 1 atom stereocenters. The van der Waals surface area contributed by atoms with Crippen LogP contribution in [0.4, 0.5) is 10.5 Å². The monoisotopic (exact) mass is 529 g/mol. The molecule has 39 heavy (non-hydrogen) atoms. The van der Waals surface area contributed by atoms with Crippen LogP contribution in [0.25, 0.3) is 33.4 Å². The van der Waals surface area contributed by atoms with Crippen LogP contribution in [0.2, 0.25) is 0 Å². The third kappa shape index (κ3) is 4.86. The summed E-state index contributed by atoms with van der Waals surface area (Å²) in [7, 11) is 1.65. The van der Waals surface area contributed by atoms with Gasteiger partial charge in [0.25, 0.3) is 0 Å². The van der Waals surface area contributed by atoms with Crippen LogP contribution >= 0.6 is 0 Å². The van der Waals surface area contributed by atoms with Gasteiger partial charge in [-0.15, -0.1) is 0 Å². The Bertz CT molecular complexity index is 1570. The van der Waals surface area contributed by atoms with Gasteiger partial charge in [0.15, 0.2) is 11.5 Å². The normalized spacial score (nSPS) is 17.7. The highest BCUT2D eigenvalue weighted by atomic mass is 16.6. The Morgan fingerprint density at radius 1 is 1.08 bits per heavy atom. The van der Waals surface area contributed by atoms with Crippen molar-refractivity contribution in [3.8, 4) is 17.0 Å². The molecule has 1 saturated heterocycles. The summed E-state index contributed by atoms with van der Waals surface area (Å²) in [6.07, 6.45) is 4.61. The van der Waals surface area contributed by atoms with Gasteiger partial charge in [-0.25, -0.2) is 14.8 Å². The number of fused-ring (bicyclic) bond motifs is 2. The van der Waals surface area contributed by atoms with Crippen molar-refractivity contribution in [2.24, 2.45) is 0 Å². The molecule has 1 aliphatic heterocycles. The Morgan fingerprint density at radius 2 is 1.87 bits per heavy atom. The molecule has 9 heteroatoms. The van der Waals surface area contributed by atoms with Gasteiger partial charge in [0.2, 0.25) is 0 Å². The van der Waals surface area contributed by atoms with Crippen LogP contribution in [0.5, 0.6) is 5.75 Å². The number of hydrogen-bond donors (Lipinski definition) is 0. The Hall–Kier alpha value is -3.88. The summed E-state index contributed by atoms with van der Waals surface area (Å²) in [6, 6.07) is 8.54. The van der Waals surface area contributed by atoms with Crippen molar-refractivity contribution < 1.29 is 18.7 Å². The molecule has 6 rings (SSSR count). The van der Waals surface area contributed by atoms with Crippen molar-refractivity contribution in [1.29, 1.82) is 0 Å². The fraction of sp³-hybridized carbons (Fsp3) is 0.467. The molecule has 3 heterocycles. The number of aromatic nitrogens is 3. The molecule has 0 N–H and O–H groups in total. The van der Waals surface area contributed by atoms with Gasteiger partial charge in [0, 0.05) is 42.9 Å². The summed E-state index contributed by atoms with van der Waals surface area (Å²) in [4.78, 5) is 31.5. The van der Waals surface area contributed by atoms with Crippen LogP contribution in [0, 0.1) is 13.8 Å². The topological polar surface area (TPSA) is 93.8 Å². The highest BCUT2D eigenvalue weighted by Gasteiger charge is 2.42. The van der Waals surface area contributed by atoms with Crippen LogP contribution in [0.3, 0.4) is 0 Å². The van der Waals surface area contributed by atoms with E-state index < -0.39 is 5.60 Å². The van der Waals surface area contributed by atoms with Crippen LogP contribution < -0.4 is 9.64 Å². The first-order valence-electron chi connectivity index (χ1n) is 13.6. The number of ether oxygens (including phenoxy) is 2. The number of anilines is 1. The van der Waals surface area contributed by atoms with Crippen LogP contribution in [-0.2, 0) is 4.74 Å². The zero-order valence-corrected chi connectivity index (χ0v) is 23.4. The maximum absolute atomic E-state index is 13.0. The van der Waals surface area contributed by atoms with E-state index >= 15 is 0 Å². The van der Waals surface area contributed by atoms with Gasteiger partial charge in [0.05, 0.1) is 36.1 Å². The second kappa shape index (κ2) is 9.39. The highest BCUT2D eigenvalue weighted by molar-refractivity contribution is 5.89. The van der Waals surface area contributed by atoms with Crippen molar-refractivity contribution >= 4 is 33.9 Å². The summed E-state index contributed by atoms with van der Waals surface area (Å²) in [6.45, 7) is 11.2. The number of hydrogen-bond acceptors (Lipinski definition) is 8. The Labute approximate surface area is 228 Å². The van der Waals surface area contributed by atoms with E-state index in [1.807, 2.05) is 51.7 Å². The summed E-state index contributed by atoms with van der Waals surface area (Å²) < 4.78 is 17.3. The number of carbonyl (C=O) groups excluding carboxylic acids is 1. The fourth-order valence-electron chi connectivity index (χ4n) is 5.56. The third-order valence-electron chi connectivity index (χ3n) is 7.45. The molecule has 1 amide bonds. The molecular weight excluding hydrogens is 494 g/mol. The summed E-state index contributed by atoms with van der Waals surface area (Å²) in [5.74, 6) is 1.33. The number of aryl methyl sites for hydroxylation is 2. The molecule has 2 fully saturated rings. The van der Waals surface area contributed by atoms with Crippen LogP contribution in [-0.4, -0.2) is 63.8 Å². The van der Waals surface area contributed by atoms with Gasteiger partial charge < -0.3 is 23.7 Å². The maximum Gasteiger partial charge on any atom is 0.410 e. The summed E-state index contributed by atoms with van der Waals surface area (Å²) in [5.41, 5.74) is 6.14. The minimum Gasteiger partial charge on any atom is -0.496 e. The zero-order valence-electron chi connectivity index (χ0n) is 23.4. The Kier molecular flexibility index (Phi) is 6.12. The van der Waals surface area contributed by atoms with E-state index in [0.29, 0.717) is 23.2 Å². The Morgan fingerprint density at radius 3 is 2.59 bits per heavy atom. The molecule has 1 unspecified atom stereocenters. The van der Waals surface area contributed by atoms with Crippen LogP contribution in [0.15, 0.2) is 34.9 Å². The average Bonchev–Trinajstić information content (AvgIpc) is 3.45. The first-order valence-corrected chi connectivity index (χ1v) is 13.6. The number of carbonyl (C=O) groups is 1. The lowest BCUT2D eigenvalue weighted by Crippen LogP contribution is -2.46. The first kappa shape index (κ1) is 25.4. The molecule has 0 bridgehead atoms. The van der Waals surface area contributed by atoms with Gasteiger partial charge in [-0.1, -0.05) is 0 Å². The standard InChI is InChI=1S/C30H35N5O4/c1-17-27-26(38-18(2)32-27)14-22(28(17)37-6)25-15-31-24-13-20(9-10-23(24)33-25)34-12-11-21(16-34)35(19-7-8-19)29(36)39-30(3,4)5/h9-10,13-15,19,21H,7-8,11-12,16H2,1-6H3. The van der Waals surface area contributed by atoms with E-state index in [4.69, 9.17) is 23.9 Å². The minimum atomic E-state index is -0.499. The zero-order chi connectivity index (χ0) is 27.5. The average molecular weight is 530 g/mol. The lowest BCUT2D eigenvalue weighted by atomic mass is 10.1. The van der Waals surface area contributed by atoms with E-state index in [9.17, 15) is 4.79 Å². The van der Waals surface area contributed by atoms with Gasteiger partial charge >= 0.3 is 6.09 Å². The number of oxazole rings is 1. The molecule has 1 aliphatic carbocycles. The number of nitrogens with zero attached hydrogens (tertiary/aromatic N) is 5. The number of benzene rings is 2. The molecule has 4 aromatic rings. The fourth-order valence-corrected chi connectivity index (χ4v) is 5.56. The van der Waals surface area contributed by atoms with Crippen molar-refractivity contribution in [1.82, 2.24) is 19.9 Å². The number of amides is 1. The molecule has 2 aromatic carbocycles. The van der Waals surface area contributed by atoms with E-state index in [1.54, 1.807) is 13.3 Å². The van der Waals surface area contributed by atoms with Gasteiger partial charge in [-0.05, 0) is 71.2 Å². The van der Waals surface area contributed by atoms with Crippen molar-refractivity contribution in [2.75, 3.05) is 25.1 Å². The Balaban J connectivity index is 1.25. The maximum atomic E-state index is 13.0. The van der Waals surface area contributed by atoms with E-state index in [2.05, 4.69) is 22.0 Å². The van der Waals surface area contributed by atoms with Gasteiger partial charge in [-0.3, -0.25) is 4.98 Å². The SMILES string of the molecule is COc1c(-c2cnc3cc(N4CCC(N(C(=O)OC(C)(C)C)C5CC5)C4)ccc3n2)cc2oc(C)nc2c1C. The smallest absolute Gasteiger partial charge is 0.410 e. The molecule has 2 aliphatic rings.